The normalized spacial score (nSPS) is 16.6. The molecular weight excluding hydrogens is 224 g/mol. The number of piperidine rings is 1. The molecule has 1 aliphatic rings. The van der Waals surface area contributed by atoms with Crippen molar-refractivity contribution in [2.75, 3.05) is 19.7 Å². The topological polar surface area (TPSA) is 34.1 Å². The van der Waals surface area contributed by atoms with E-state index in [1.165, 1.54) is 18.4 Å². The first-order valence-corrected chi connectivity index (χ1v) is 5.69. The molecule has 3 nitrogen and oxygen atoms in total. The van der Waals surface area contributed by atoms with Crippen LogP contribution in [0.3, 0.4) is 0 Å². The van der Waals surface area contributed by atoms with E-state index in [1.54, 1.807) is 0 Å². The van der Waals surface area contributed by atoms with Crippen molar-refractivity contribution in [1.82, 2.24) is 10.3 Å². The average Bonchev–Trinajstić information content (AvgIpc) is 2.32. The monoisotopic (exact) mass is 242 g/mol. The molecule has 0 aliphatic carbocycles. The van der Waals surface area contributed by atoms with Crippen molar-refractivity contribution in [2.24, 2.45) is 0 Å². The number of hydrogen-bond acceptors (Lipinski definition) is 3. The smallest absolute Gasteiger partial charge is 0.213 e. The van der Waals surface area contributed by atoms with E-state index in [1.807, 2.05) is 19.2 Å². The lowest BCUT2D eigenvalue weighted by Gasteiger charge is -2.22. The maximum Gasteiger partial charge on any atom is 0.213 e. The second-order valence-corrected chi connectivity index (χ2v) is 3.89. The van der Waals surface area contributed by atoms with Crippen LogP contribution in [0.5, 0.6) is 5.88 Å². The van der Waals surface area contributed by atoms with Crippen molar-refractivity contribution in [2.45, 2.75) is 25.7 Å². The minimum absolute atomic E-state index is 0. The SMILES string of the molecule is CCOc1ccc(C2CCNCC2)cn1.Cl. The molecule has 0 unspecified atom stereocenters. The highest BCUT2D eigenvalue weighted by atomic mass is 35.5. The van der Waals surface area contributed by atoms with Gasteiger partial charge in [-0.05, 0) is 44.3 Å². The highest BCUT2D eigenvalue weighted by Crippen LogP contribution is 2.25. The van der Waals surface area contributed by atoms with E-state index < -0.39 is 0 Å². The number of pyridine rings is 1. The number of ether oxygens (including phenoxy) is 1. The van der Waals surface area contributed by atoms with Crippen LogP contribution in [0.4, 0.5) is 0 Å². The molecule has 0 bridgehead atoms. The van der Waals surface area contributed by atoms with E-state index in [-0.39, 0.29) is 12.4 Å². The lowest BCUT2D eigenvalue weighted by Crippen LogP contribution is -2.26. The molecule has 1 N–H and O–H groups in total. The molecule has 0 aromatic carbocycles. The molecule has 4 heteroatoms. The van der Waals surface area contributed by atoms with Gasteiger partial charge in [-0.3, -0.25) is 0 Å². The highest BCUT2D eigenvalue weighted by molar-refractivity contribution is 5.85. The molecule has 0 amide bonds. The molecule has 2 rings (SSSR count). The van der Waals surface area contributed by atoms with Gasteiger partial charge in [0.15, 0.2) is 0 Å². The molecule has 1 fully saturated rings. The van der Waals surface area contributed by atoms with Gasteiger partial charge in [-0.15, -0.1) is 12.4 Å². The van der Waals surface area contributed by atoms with E-state index >= 15 is 0 Å². The first kappa shape index (κ1) is 13.3. The largest absolute Gasteiger partial charge is 0.478 e. The van der Waals surface area contributed by atoms with Crippen molar-refractivity contribution in [3.8, 4) is 5.88 Å². The third kappa shape index (κ3) is 3.35. The second kappa shape index (κ2) is 6.71. The average molecular weight is 243 g/mol. The maximum atomic E-state index is 5.32. The Morgan fingerprint density at radius 2 is 2.12 bits per heavy atom. The molecule has 1 aliphatic heterocycles. The molecule has 0 radical (unpaired) electrons. The summed E-state index contributed by atoms with van der Waals surface area (Å²) in [7, 11) is 0. The number of halogens is 1. The van der Waals surface area contributed by atoms with E-state index in [0.29, 0.717) is 12.5 Å². The minimum Gasteiger partial charge on any atom is -0.478 e. The van der Waals surface area contributed by atoms with Gasteiger partial charge in [-0.1, -0.05) is 6.07 Å². The summed E-state index contributed by atoms with van der Waals surface area (Å²) in [5.74, 6) is 1.41. The Kier molecular flexibility index (Phi) is 5.56. The fraction of sp³-hybridized carbons (Fsp3) is 0.583. The lowest BCUT2D eigenvalue weighted by atomic mass is 9.91. The Bertz CT molecular complexity index is 296. The van der Waals surface area contributed by atoms with Crippen molar-refractivity contribution in [3.05, 3.63) is 23.9 Å². The molecule has 0 spiro atoms. The molecule has 0 saturated carbocycles. The zero-order valence-electron chi connectivity index (χ0n) is 9.61. The quantitative estimate of drug-likeness (QED) is 0.884. The van der Waals surface area contributed by atoms with Crippen LogP contribution < -0.4 is 10.1 Å². The summed E-state index contributed by atoms with van der Waals surface area (Å²) in [5.41, 5.74) is 1.35. The van der Waals surface area contributed by atoms with Gasteiger partial charge in [-0.2, -0.15) is 0 Å². The molecule has 16 heavy (non-hydrogen) atoms. The summed E-state index contributed by atoms with van der Waals surface area (Å²) in [4.78, 5) is 4.30. The summed E-state index contributed by atoms with van der Waals surface area (Å²) < 4.78 is 5.32. The van der Waals surface area contributed by atoms with E-state index in [9.17, 15) is 0 Å². The molecule has 1 saturated heterocycles. The molecule has 0 atom stereocenters. The van der Waals surface area contributed by atoms with Gasteiger partial charge >= 0.3 is 0 Å². The summed E-state index contributed by atoms with van der Waals surface area (Å²) in [6.07, 6.45) is 4.40. The van der Waals surface area contributed by atoms with Crippen molar-refractivity contribution in [3.63, 3.8) is 0 Å². The Morgan fingerprint density at radius 1 is 1.38 bits per heavy atom. The lowest BCUT2D eigenvalue weighted by molar-refractivity contribution is 0.326. The van der Waals surface area contributed by atoms with Gasteiger partial charge in [0.2, 0.25) is 5.88 Å². The summed E-state index contributed by atoms with van der Waals surface area (Å²) in [6, 6.07) is 4.12. The minimum atomic E-state index is 0. The van der Waals surface area contributed by atoms with Gasteiger partial charge in [0.05, 0.1) is 6.61 Å². The molecular formula is C12H19ClN2O. The third-order valence-electron chi connectivity index (χ3n) is 2.86. The van der Waals surface area contributed by atoms with Crippen LogP contribution in [0.25, 0.3) is 0 Å². The van der Waals surface area contributed by atoms with Crippen molar-refractivity contribution >= 4 is 12.4 Å². The Balaban J connectivity index is 0.00000128. The van der Waals surface area contributed by atoms with Gasteiger partial charge < -0.3 is 10.1 Å². The van der Waals surface area contributed by atoms with Crippen LogP contribution >= 0.6 is 12.4 Å². The maximum absolute atomic E-state index is 5.32. The summed E-state index contributed by atoms with van der Waals surface area (Å²) in [6.45, 7) is 4.90. The van der Waals surface area contributed by atoms with E-state index in [0.717, 1.165) is 19.0 Å². The van der Waals surface area contributed by atoms with Gasteiger partial charge in [0, 0.05) is 12.3 Å². The van der Waals surface area contributed by atoms with Gasteiger partial charge in [-0.25, -0.2) is 4.98 Å². The van der Waals surface area contributed by atoms with Crippen LogP contribution in [0.1, 0.15) is 31.2 Å². The number of nitrogens with zero attached hydrogens (tertiary/aromatic N) is 1. The number of rotatable bonds is 3. The predicted octanol–water partition coefficient (Wildman–Crippen LogP) is 2.37. The molecule has 1 aromatic heterocycles. The van der Waals surface area contributed by atoms with Crippen LogP contribution in [-0.4, -0.2) is 24.7 Å². The Morgan fingerprint density at radius 3 is 2.69 bits per heavy atom. The first-order valence-electron chi connectivity index (χ1n) is 5.69. The summed E-state index contributed by atoms with van der Waals surface area (Å²) in [5, 5.41) is 3.37. The Hall–Kier alpha value is -0.800. The fourth-order valence-electron chi connectivity index (χ4n) is 2.02. The van der Waals surface area contributed by atoms with Gasteiger partial charge in [0.25, 0.3) is 0 Å². The predicted molar refractivity (Wildman–Crippen MR) is 67.5 cm³/mol. The van der Waals surface area contributed by atoms with E-state index in [4.69, 9.17) is 4.74 Å². The fourth-order valence-corrected chi connectivity index (χ4v) is 2.02. The van der Waals surface area contributed by atoms with Crippen molar-refractivity contribution < 1.29 is 4.74 Å². The van der Waals surface area contributed by atoms with Gasteiger partial charge in [0.1, 0.15) is 0 Å². The first-order chi connectivity index (χ1) is 7.40. The Labute approximate surface area is 103 Å². The van der Waals surface area contributed by atoms with Crippen LogP contribution in [0.15, 0.2) is 18.3 Å². The zero-order chi connectivity index (χ0) is 10.5. The third-order valence-corrected chi connectivity index (χ3v) is 2.86. The molecule has 1 aromatic rings. The highest BCUT2D eigenvalue weighted by Gasteiger charge is 2.15. The number of hydrogen-bond donors (Lipinski definition) is 1. The number of nitrogens with one attached hydrogen (secondary N) is 1. The van der Waals surface area contributed by atoms with Crippen LogP contribution in [0, 0.1) is 0 Å². The number of aromatic nitrogens is 1. The second-order valence-electron chi connectivity index (χ2n) is 3.89. The summed E-state index contributed by atoms with van der Waals surface area (Å²) >= 11 is 0. The van der Waals surface area contributed by atoms with Crippen LogP contribution in [0.2, 0.25) is 0 Å². The van der Waals surface area contributed by atoms with Crippen LogP contribution in [-0.2, 0) is 0 Å². The zero-order valence-corrected chi connectivity index (χ0v) is 10.4. The van der Waals surface area contributed by atoms with E-state index in [2.05, 4.69) is 16.4 Å². The van der Waals surface area contributed by atoms with Crippen molar-refractivity contribution in [1.29, 1.82) is 0 Å². The standard InChI is InChI=1S/C12H18N2O.ClH/c1-2-15-12-4-3-11(9-14-12)10-5-7-13-8-6-10;/h3-4,9-10,13H,2,5-8H2,1H3;1H. The molecule has 2 heterocycles. The molecule has 90 valence electrons.